The molecule has 2 N–H and O–H groups in total. The molecule has 6 heteroatoms. The van der Waals surface area contributed by atoms with Gasteiger partial charge in [-0.05, 0) is 18.4 Å². The molecule has 0 spiro atoms. The molecular formula is C11H13F3N2O. The molecule has 1 aliphatic rings. The lowest BCUT2D eigenvalue weighted by molar-refractivity contribution is -0.137. The zero-order valence-electron chi connectivity index (χ0n) is 9.13. The Kier molecular flexibility index (Phi) is 3.13. The van der Waals surface area contributed by atoms with E-state index >= 15 is 0 Å². The first-order chi connectivity index (χ1) is 7.95. The Labute approximate surface area is 96.8 Å². The number of ether oxygens (including phenoxy) is 1. The van der Waals surface area contributed by atoms with Gasteiger partial charge in [0.25, 0.3) is 0 Å². The molecule has 94 valence electrons. The van der Waals surface area contributed by atoms with Crippen molar-refractivity contribution >= 4 is 5.82 Å². The number of alkyl halides is 3. The minimum atomic E-state index is -4.42. The second-order valence-electron chi connectivity index (χ2n) is 4.20. The fourth-order valence-corrected chi connectivity index (χ4v) is 1.50. The summed E-state index contributed by atoms with van der Waals surface area (Å²) in [5, 5.41) is 0. The Hall–Kier alpha value is -1.46. The first kappa shape index (κ1) is 12.0. The fraction of sp³-hybridized carbons (Fsp3) is 0.545. The van der Waals surface area contributed by atoms with Gasteiger partial charge in [0.15, 0.2) is 0 Å². The summed E-state index contributed by atoms with van der Waals surface area (Å²) in [6, 6.07) is 1.68. The first-order valence-corrected chi connectivity index (χ1v) is 5.43. The van der Waals surface area contributed by atoms with Gasteiger partial charge in [0.2, 0.25) is 5.88 Å². The van der Waals surface area contributed by atoms with Crippen molar-refractivity contribution in [2.45, 2.75) is 25.4 Å². The molecule has 1 heterocycles. The van der Waals surface area contributed by atoms with Crippen LogP contribution < -0.4 is 10.5 Å². The van der Waals surface area contributed by atoms with E-state index in [1.807, 2.05) is 0 Å². The number of hydrogen-bond acceptors (Lipinski definition) is 3. The summed E-state index contributed by atoms with van der Waals surface area (Å²) >= 11 is 0. The van der Waals surface area contributed by atoms with Crippen molar-refractivity contribution in [1.82, 2.24) is 4.98 Å². The van der Waals surface area contributed by atoms with Crippen molar-refractivity contribution in [3.05, 3.63) is 17.7 Å². The van der Waals surface area contributed by atoms with E-state index in [0.717, 1.165) is 18.6 Å². The van der Waals surface area contributed by atoms with Crippen molar-refractivity contribution in [3.8, 4) is 5.88 Å². The van der Waals surface area contributed by atoms with Crippen LogP contribution in [-0.4, -0.2) is 11.6 Å². The average Bonchev–Trinajstić information content (AvgIpc) is 2.99. The number of nitrogens with zero attached hydrogens (tertiary/aromatic N) is 1. The van der Waals surface area contributed by atoms with Crippen LogP contribution in [0.25, 0.3) is 0 Å². The highest BCUT2D eigenvalue weighted by molar-refractivity contribution is 5.38. The predicted octanol–water partition coefficient (Wildman–Crippen LogP) is 2.86. The number of aromatic nitrogens is 1. The highest BCUT2D eigenvalue weighted by Crippen LogP contribution is 2.33. The number of nitrogens with two attached hydrogens (primary N) is 1. The van der Waals surface area contributed by atoms with Gasteiger partial charge in [0.1, 0.15) is 5.82 Å². The van der Waals surface area contributed by atoms with Gasteiger partial charge in [-0.15, -0.1) is 0 Å². The lowest BCUT2D eigenvalue weighted by Gasteiger charge is -2.10. The Morgan fingerprint density at radius 3 is 2.65 bits per heavy atom. The molecule has 1 aromatic heterocycles. The van der Waals surface area contributed by atoms with Gasteiger partial charge in [0.05, 0.1) is 12.2 Å². The third-order valence-electron chi connectivity index (χ3n) is 2.62. The monoisotopic (exact) mass is 246 g/mol. The number of pyridine rings is 1. The standard InChI is InChI=1S/C11H13F3N2O/c12-11(13,14)8-5-9(15)16-10(6-8)17-4-3-7-1-2-7/h5-7H,1-4H2,(H2,15,16). The molecule has 1 saturated carbocycles. The first-order valence-electron chi connectivity index (χ1n) is 5.43. The molecule has 0 radical (unpaired) electrons. The number of halogens is 3. The summed E-state index contributed by atoms with van der Waals surface area (Å²) in [4.78, 5) is 3.72. The maximum atomic E-state index is 12.5. The summed E-state index contributed by atoms with van der Waals surface area (Å²) in [6.07, 6.45) is -1.20. The summed E-state index contributed by atoms with van der Waals surface area (Å²) < 4.78 is 42.6. The molecule has 3 nitrogen and oxygen atoms in total. The average molecular weight is 246 g/mol. The minimum Gasteiger partial charge on any atom is -0.478 e. The maximum Gasteiger partial charge on any atom is 0.416 e. The molecule has 1 aliphatic carbocycles. The summed E-state index contributed by atoms with van der Waals surface area (Å²) in [7, 11) is 0. The van der Waals surface area contributed by atoms with Crippen molar-refractivity contribution in [2.24, 2.45) is 5.92 Å². The minimum absolute atomic E-state index is 0.0574. The Morgan fingerprint density at radius 1 is 1.35 bits per heavy atom. The van der Waals surface area contributed by atoms with E-state index in [4.69, 9.17) is 10.5 Å². The lowest BCUT2D eigenvalue weighted by atomic mass is 10.2. The van der Waals surface area contributed by atoms with Crippen LogP contribution in [-0.2, 0) is 6.18 Å². The normalized spacial score (nSPS) is 15.9. The molecule has 17 heavy (non-hydrogen) atoms. The maximum absolute atomic E-state index is 12.5. The summed E-state index contributed by atoms with van der Waals surface area (Å²) in [6.45, 7) is 0.387. The van der Waals surface area contributed by atoms with Gasteiger partial charge in [-0.25, -0.2) is 0 Å². The molecule has 1 aromatic rings. The van der Waals surface area contributed by atoms with Crippen LogP contribution in [0, 0.1) is 5.92 Å². The molecule has 0 atom stereocenters. The second kappa shape index (κ2) is 4.43. The van der Waals surface area contributed by atoms with Crippen LogP contribution in [0.4, 0.5) is 19.0 Å². The van der Waals surface area contributed by atoms with Crippen LogP contribution in [0.2, 0.25) is 0 Å². The highest BCUT2D eigenvalue weighted by atomic mass is 19.4. The molecule has 0 saturated heterocycles. The number of nitrogen functional groups attached to an aromatic ring is 1. The largest absolute Gasteiger partial charge is 0.478 e. The topological polar surface area (TPSA) is 48.1 Å². The quantitative estimate of drug-likeness (QED) is 0.888. The van der Waals surface area contributed by atoms with E-state index in [9.17, 15) is 13.2 Å². The molecule has 0 bridgehead atoms. The number of hydrogen-bond donors (Lipinski definition) is 1. The van der Waals surface area contributed by atoms with Gasteiger partial charge >= 0.3 is 6.18 Å². The third kappa shape index (κ3) is 3.51. The molecule has 1 fully saturated rings. The molecule has 0 unspecified atom stereocenters. The van der Waals surface area contributed by atoms with Gasteiger partial charge < -0.3 is 10.5 Å². The van der Waals surface area contributed by atoms with Gasteiger partial charge in [-0.1, -0.05) is 12.8 Å². The van der Waals surface area contributed by atoms with Crippen molar-refractivity contribution in [3.63, 3.8) is 0 Å². The molecule has 0 aliphatic heterocycles. The van der Waals surface area contributed by atoms with Crippen LogP contribution in [0.3, 0.4) is 0 Å². The van der Waals surface area contributed by atoms with Gasteiger partial charge in [0, 0.05) is 6.07 Å². The summed E-state index contributed by atoms with van der Waals surface area (Å²) in [5.41, 5.74) is 4.48. The van der Waals surface area contributed by atoms with E-state index in [2.05, 4.69) is 4.98 Å². The van der Waals surface area contributed by atoms with Crippen LogP contribution in [0.15, 0.2) is 12.1 Å². The fourth-order valence-electron chi connectivity index (χ4n) is 1.50. The SMILES string of the molecule is Nc1cc(C(F)(F)F)cc(OCCC2CC2)n1. The Morgan fingerprint density at radius 2 is 2.06 bits per heavy atom. The molecular weight excluding hydrogens is 233 g/mol. The predicted molar refractivity (Wildman–Crippen MR) is 56.5 cm³/mol. The van der Waals surface area contributed by atoms with E-state index < -0.39 is 11.7 Å². The van der Waals surface area contributed by atoms with Crippen LogP contribution >= 0.6 is 0 Å². The van der Waals surface area contributed by atoms with Crippen molar-refractivity contribution < 1.29 is 17.9 Å². The van der Waals surface area contributed by atoms with Gasteiger partial charge in [-0.3, -0.25) is 0 Å². The van der Waals surface area contributed by atoms with Crippen LogP contribution in [0.1, 0.15) is 24.8 Å². The third-order valence-corrected chi connectivity index (χ3v) is 2.62. The molecule has 0 amide bonds. The highest BCUT2D eigenvalue weighted by Gasteiger charge is 2.31. The molecule has 0 aromatic carbocycles. The molecule has 2 rings (SSSR count). The number of anilines is 1. The van der Waals surface area contributed by atoms with E-state index in [1.54, 1.807) is 0 Å². The zero-order valence-corrected chi connectivity index (χ0v) is 9.13. The van der Waals surface area contributed by atoms with E-state index in [1.165, 1.54) is 12.8 Å². The zero-order chi connectivity index (χ0) is 12.5. The Bertz CT molecular complexity index is 402. The second-order valence-corrected chi connectivity index (χ2v) is 4.20. The van der Waals surface area contributed by atoms with Crippen LogP contribution in [0.5, 0.6) is 5.88 Å². The van der Waals surface area contributed by atoms with Crippen molar-refractivity contribution in [1.29, 1.82) is 0 Å². The van der Waals surface area contributed by atoms with Gasteiger partial charge in [-0.2, -0.15) is 18.2 Å². The Balaban J connectivity index is 2.02. The smallest absolute Gasteiger partial charge is 0.416 e. The summed E-state index contributed by atoms with van der Waals surface area (Å²) in [5.74, 6) is 0.428. The van der Waals surface area contributed by atoms with E-state index in [0.29, 0.717) is 12.5 Å². The lowest BCUT2D eigenvalue weighted by Crippen LogP contribution is -2.09. The van der Waals surface area contributed by atoms with E-state index in [-0.39, 0.29) is 11.7 Å². The number of rotatable bonds is 4. The van der Waals surface area contributed by atoms with Crippen molar-refractivity contribution in [2.75, 3.05) is 12.3 Å².